The van der Waals surface area contributed by atoms with Crippen LogP contribution in [-0.2, 0) is 9.53 Å². The topological polar surface area (TPSA) is 53.6 Å². The molecule has 1 fully saturated rings. The Labute approximate surface area is 164 Å². The fourth-order valence-corrected chi connectivity index (χ4v) is 2.85. The van der Waals surface area contributed by atoms with Gasteiger partial charge in [0.1, 0.15) is 0 Å². The smallest absolute Gasteiger partial charge is 0.233 e. The zero-order chi connectivity index (χ0) is 15.8. The molecule has 0 aromatic heterocycles. The summed E-state index contributed by atoms with van der Waals surface area (Å²) in [5, 5.41) is 6.06. The monoisotopic (exact) mass is 441 g/mol. The van der Waals surface area contributed by atoms with E-state index in [0.29, 0.717) is 25.6 Å². The highest BCUT2D eigenvalue weighted by Crippen LogP contribution is 2.24. The van der Waals surface area contributed by atoms with E-state index in [4.69, 9.17) is 4.74 Å². The number of nitrogens with one attached hydrogen (secondary N) is 2. The van der Waals surface area contributed by atoms with Crippen molar-refractivity contribution >= 4 is 52.3 Å². The van der Waals surface area contributed by atoms with Gasteiger partial charge in [-0.05, 0) is 36.6 Å². The number of methoxy groups -OCH3 is 1. The average molecular weight is 443 g/mol. The first-order chi connectivity index (χ1) is 10.7. The lowest BCUT2D eigenvalue weighted by molar-refractivity contribution is -0.120. The van der Waals surface area contributed by atoms with Gasteiger partial charge in [-0.15, -0.1) is 24.8 Å². The molecule has 0 bridgehead atoms. The van der Waals surface area contributed by atoms with Gasteiger partial charge in [-0.3, -0.25) is 4.79 Å². The number of rotatable bonds is 8. The third kappa shape index (κ3) is 8.03. The van der Waals surface area contributed by atoms with Crippen LogP contribution in [0.5, 0.6) is 0 Å². The largest absolute Gasteiger partial charge is 0.383 e. The average Bonchev–Trinajstić information content (AvgIpc) is 2.99. The van der Waals surface area contributed by atoms with E-state index in [1.165, 1.54) is 5.69 Å². The molecular weight excluding hydrogens is 417 g/mol. The Balaban J connectivity index is 0.00000264. The second-order valence-corrected chi connectivity index (χ2v) is 6.47. The summed E-state index contributed by atoms with van der Waals surface area (Å²) >= 11 is 3.46. The summed E-state index contributed by atoms with van der Waals surface area (Å²) < 4.78 is 6.02. The normalized spacial score (nSPS) is 16.2. The molecule has 1 aromatic rings. The van der Waals surface area contributed by atoms with Crippen molar-refractivity contribution in [2.45, 2.75) is 6.42 Å². The molecule has 2 rings (SSSR count). The number of ether oxygens (including phenoxy) is 1. The molecule has 138 valence electrons. The number of anilines is 1. The predicted molar refractivity (Wildman–Crippen MR) is 107 cm³/mol. The summed E-state index contributed by atoms with van der Waals surface area (Å²) in [5.41, 5.74) is 1.25. The van der Waals surface area contributed by atoms with Crippen LogP contribution in [0.15, 0.2) is 28.7 Å². The summed E-state index contributed by atoms with van der Waals surface area (Å²) in [7, 11) is 1.65. The van der Waals surface area contributed by atoms with E-state index in [2.05, 4.69) is 55.7 Å². The van der Waals surface area contributed by atoms with Gasteiger partial charge in [-0.2, -0.15) is 0 Å². The summed E-state index contributed by atoms with van der Waals surface area (Å²) in [5.74, 6) is 0.574. The number of carbonyl (C=O) groups excluding carboxylic acids is 1. The van der Waals surface area contributed by atoms with E-state index in [9.17, 15) is 4.79 Å². The van der Waals surface area contributed by atoms with Crippen LogP contribution >= 0.6 is 40.7 Å². The molecule has 0 spiro atoms. The second-order valence-electron chi connectivity index (χ2n) is 5.55. The van der Waals surface area contributed by atoms with E-state index in [0.717, 1.165) is 30.5 Å². The van der Waals surface area contributed by atoms with Gasteiger partial charge in [0.25, 0.3) is 0 Å². The molecule has 1 aliphatic heterocycles. The maximum Gasteiger partial charge on any atom is 0.233 e. The second kappa shape index (κ2) is 12.8. The minimum Gasteiger partial charge on any atom is -0.383 e. The van der Waals surface area contributed by atoms with Gasteiger partial charge in [-0.25, -0.2) is 0 Å². The Morgan fingerprint density at radius 2 is 2.04 bits per heavy atom. The highest BCUT2D eigenvalue weighted by atomic mass is 79.9. The number of hydrogen-bond donors (Lipinski definition) is 2. The van der Waals surface area contributed by atoms with Crippen LogP contribution in [0.4, 0.5) is 5.69 Å². The molecule has 24 heavy (non-hydrogen) atoms. The fourth-order valence-electron chi connectivity index (χ4n) is 2.58. The van der Waals surface area contributed by atoms with E-state index < -0.39 is 0 Å². The first-order valence-electron chi connectivity index (χ1n) is 7.66. The van der Waals surface area contributed by atoms with Crippen molar-refractivity contribution in [1.29, 1.82) is 0 Å². The van der Waals surface area contributed by atoms with E-state index >= 15 is 0 Å². The first-order valence-corrected chi connectivity index (χ1v) is 8.45. The van der Waals surface area contributed by atoms with Crippen LogP contribution < -0.4 is 15.5 Å². The van der Waals surface area contributed by atoms with Gasteiger partial charge in [0.2, 0.25) is 5.91 Å². The van der Waals surface area contributed by atoms with Crippen LogP contribution in [0.1, 0.15) is 6.42 Å². The molecule has 0 aliphatic carbocycles. The van der Waals surface area contributed by atoms with Crippen LogP contribution in [0.25, 0.3) is 0 Å². The Morgan fingerprint density at radius 3 is 2.71 bits per heavy atom. The SMILES string of the molecule is COCCNCC(=O)NCC1CCN(c2ccc(Br)cc2)C1.Cl.Cl. The zero-order valence-corrected chi connectivity index (χ0v) is 17.0. The number of benzene rings is 1. The molecule has 1 atom stereocenters. The Hall–Kier alpha value is -0.530. The van der Waals surface area contributed by atoms with Crippen molar-refractivity contribution in [3.05, 3.63) is 28.7 Å². The molecule has 1 aliphatic rings. The molecule has 2 N–H and O–H groups in total. The van der Waals surface area contributed by atoms with E-state index in [-0.39, 0.29) is 30.7 Å². The van der Waals surface area contributed by atoms with Crippen LogP contribution in [0.2, 0.25) is 0 Å². The van der Waals surface area contributed by atoms with Gasteiger partial charge in [0.05, 0.1) is 13.2 Å². The molecule has 0 radical (unpaired) electrons. The van der Waals surface area contributed by atoms with Crippen molar-refractivity contribution in [3.8, 4) is 0 Å². The Morgan fingerprint density at radius 1 is 1.33 bits per heavy atom. The molecule has 0 saturated carbocycles. The standard InChI is InChI=1S/C16H24BrN3O2.2ClH/c1-22-9-7-18-11-16(21)19-10-13-6-8-20(12-13)15-4-2-14(17)3-5-15;;/h2-5,13,18H,6-12H2,1H3,(H,19,21);2*1H. The molecule has 1 unspecified atom stereocenters. The summed E-state index contributed by atoms with van der Waals surface area (Å²) in [6, 6.07) is 8.39. The molecule has 1 saturated heterocycles. The predicted octanol–water partition coefficient (Wildman–Crippen LogP) is 2.47. The summed E-state index contributed by atoms with van der Waals surface area (Å²) in [4.78, 5) is 14.1. The lowest BCUT2D eigenvalue weighted by Crippen LogP contribution is -2.38. The number of hydrogen-bond acceptors (Lipinski definition) is 4. The number of carbonyl (C=O) groups is 1. The maximum absolute atomic E-state index is 11.7. The van der Waals surface area contributed by atoms with Crippen molar-refractivity contribution in [2.75, 3.05) is 51.3 Å². The minimum atomic E-state index is 0. The van der Waals surface area contributed by atoms with Gasteiger partial charge in [0.15, 0.2) is 0 Å². The third-order valence-electron chi connectivity index (χ3n) is 3.83. The zero-order valence-electron chi connectivity index (χ0n) is 13.8. The maximum atomic E-state index is 11.7. The van der Waals surface area contributed by atoms with Crippen molar-refractivity contribution in [3.63, 3.8) is 0 Å². The van der Waals surface area contributed by atoms with Crippen LogP contribution in [-0.4, -0.2) is 52.3 Å². The van der Waals surface area contributed by atoms with Gasteiger partial charge in [0, 0.05) is 43.4 Å². The fraction of sp³-hybridized carbons (Fsp3) is 0.562. The first kappa shape index (κ1) is 23.5. The van der Waals surface area contributed by atoms with Crippen molar-refractivity contribution in [2.24, 2.45) is 5.92 Å². The Kier molecular flexibility index (Phi) is 12.5. The number of halogens is 3. The van der Waals surface area contributed by atoms with Crippen LogP contribution in [0, 0.1) is 5.92 Å². The highest BCUT2D eigenvalue weighted by Gasteiger charge is 2.22. The summed E-state index contributed by atoms with van der Waals surface area (Å²) in [6.07, 6.45) is 1.12. The number of nitrogens with zero attached hydrogens (tertiary/aromatic N) is 1. The Bertz CT molecular complexity index is 477. The number of amides is 1. The molecule has 1 amide bonds. The minimum absolute atomic E-state index is 0. The molecular formula is C16H26BrCl2N3O2. The van der Waals surface area contributed by atoms with Crippen molar-refractivity contribution < 1.29 is 9.53 Å². The molecule has 5 nitrogen and oxygen atoms in total. The van der Waals surface area contributed by atoms with E-state index in [1.54, 1.807) is 7.11 Å². The van der Waals surface area contributed by atoms with Gasteiger partial charge < -0.3 is 20.3 Å². The van der Waals surface area contributed by atoms with E-state index in [1.807, 2.05) is 0 Å². The molecule has 8 heteroatoms. The lowest BCUT2D eigenvalue weighted by atomic mass is 10.1. The molecule has 1 heterocycles. The lowest BCUT2D eigenvalue weighted by Gasteiger charge is -2.19. The van der Waals surface area contributed by atoms with Crippen LogP contribution in [0.3, 0.4) is 0 Å². The third-order valence-corrected chi connectivity index (χ3v) is 4.36. The van der Waals surface area contributed by atoms with Crippen molar-refractivity contribution in [1.82, 2.24) is 10.6 Å². The van der Waals surface area contributed by atoms with Gasteiger partial charge >= 0.3 is 0 Å². The van der Waals surface area contributed by atoms with Gasteiger partial charge in [-0.1, -0.05) is 15.9 Å². The quantitative estimate of drug-likeness (QED) is 0.607. The molecule has 1 aromatic carbocycles. The summed E-state index contributed by atoms with van der Waals surface area (Å²) in [6.45, 7) is 4.47. The highest BCUT2D eigenvalue weighted by molar-refractivity contribution is 9.10.